The smallest absolute Gasteiger partial charge is 0.161 e. The molecular formula is C14H17FN4. The molecule has 0 atom stereocenters. The monoisotopic (exact) mass is 260 g/mol. The van der Waals surface area contributed by atoms with Gasteiger partial charge in [0.2, 0.25) is 0 Å². The lowest BCUT2D eigenvalue weighted by atomic mass is 10.1. The molecule has 3 N–H and O–H groups in total. The summed E-state index contributed by atoms with van der Waals surface area (Å²) in [5, 5.41) is 0. The number of halogens is 1. The number of aromatic nitrogens is 2. The van der Waals surface area contributed by atoms with Crippen LogP contribution in [-0.4, -0.2) is 9.97 Å². The van der Waals surface area contributed by atoms with E-state index < -0.39 is 0 Å². The second kappa shape index (κ2) is 5.32. The number of hydrazine groups is 1. The summed E-state index contributed by atoms with van der Waals surface area (Å²) in [5.41, 5.74) is 5.63. The molecule has 100 valence electrons. The molecular weight excluding hydrogens is 243 g/mol. The van der Waals surface area contributed by atoms with Crippen molar-refractivity contribution in [3.63, 3.8) is 0 Å². The maximum Gasteiger partial charge on any atom is 0.161 e. The van der Waals surface area contributed by atoms with Gasteiger partial charge in [0, 0.05) is 16.8 Å². The van der Waals surface area contributed by atoms with Gasteiger partial charge in [-0.1, -0.05) is 19.1 Å². The van der Waals surface area contributed by atoms with E-state index in [1.807, 2.05) is 19.9 Å². The lowest BCUT2D eigenvalue weighted by Crippen LogP contribution is -2.13. The predicted molar refractivity (Wildman–Crippen MR) is 74.1 cm³/mol. The second-order valence-corrected chi connectivity index (χ2v) is 4.43. The van der Waals surface area contributed by atoms with Crippen molar-refractivity contribution < 1.29 is 4.39 Å². The molecule has 0 saturated carbocycles. The summed E-state index contributed by atoms with van der Waals surface area (Å²) < 4.78 is 13.6. The minimum Gasteiger partial charge on any atom is -0.308 e. The molecule has 0 aliphatic heterocycles. The molecule has 0 unspecified atom stereocenters. The number of nitrogen functional groups attached to an aromatic ring is 1. The molecule has 0 saturated heterocycles. The SMILES string of the molecule is CCc1nc(-c2ccc(C)c(F)c2)nc(NN)c1C. The fourth-order valence-electron chi connectivity index (χ4n) is 1.91. The topological polar surface area (TPSA) is 63.8 Å². The molecule has 5 heteroatoms. The molecule has 0 amide bonds. The van der Waals surface area contributed by atoms with Crippen LogP contribution in [0.15, 0.2) is 18.2 Å². The van der Waals surface area contributed by atoms with Gasteiger partial charge in [-0.2, -0.15) is 0 Å². The maximum absolute atomic E-state index is 13.6. The first-order valence-electron chi connectivity index (χ1n) is 6.17. The van der Waals surface area contributed by atoms with Crippen molar-refractivity contribution in [2.24, 2.45) is 5.84 Å². The van der Waals surface area contributed by atoms with Crippen molar-refractivity contribution in [2.45, 2.75) is 27.2 Å². The third-order valence-electron chi connectivity index (χ3n) is 3.15. The zero-order valence-electron chi connectivity index (χ0n) is 11.3. The van der Waals surface area contributed by atoms with E-state index in [0.717, 1.165) is 17.7 Å². The fraction of sp³-hybridized carbons (Fsp3) is 0.286. The highest BCUT2D eigenvalue weighted by Gasteiger charge is 2.11. The van der Waals surface area contributed by atoms with E-state index in [-0.39, 0.29) is 5.82 Å². The van der Waals surface area contributed by atoms with Gasteiger partial charge in [0.25, 0.3) is 0 Å². The number of nitrogens with zero attached hydrogens (tertiary/aromatic N) is 2. The Bertz CT molecular complexity index is 585. The molecule has 2 rings (SSSR count). The van der Waals surface area contributed by atoms with Crippen LogP contribution in [0, 0.1) is 19.7 Å². The Balaban J connectivity index is 2.58. The van der Waals surface area contributed by atoms with E-state index in [2.05, 4.69) is 15.4 Å². The molecule has 0 bridgehead atoms. The van der Waals surface area contributed by atoms with Crippen LogP contribution in [-0.2, 0) is 6.42 Å². The maximum atomic E-state index is 13.6. The van der Waals surface area contributed by atoms with Gasteiger partial charge in [-0.25, -0.2) is 20.2 Å². The van der Waals surface area contributed by atoms with Gasteiger partial charge in [0.1, 0.15) is 11.6 Å². The summed E-state index contributed by atoms with van der Waals surface area (Å²) in [5.74, 6) is 6.25. The Morgan fingerprint density at radius 2 is 2.00 bits per heavy atom. The van der Waals surface area contributed by atoms with Gasteiger partial charge in [-0.05, 0) is 31.9 Å². The Labute approximate surface area is 111 Å². The van der Waals surface area contributed by atoms with E-state index in [9.17, 15) is 4.39 Å². The molecule has 4 nitrogen and oxygen atoms in total. The number of nitrogens with two attached hydrogens (primary N) is 1. The molecule has 0 aliphatic carbocycles. The summed E-state index contributed by atoms with van der Waals surface area (Å²) in [6.07, 6.45) is 0.768. The van der Waals surface area contributed by atoms with Crippen LogP contribution in [0.3, 0.4) is 0 Å². The fourth-order valence-corrected chi connectivity index (χ4v) is 1.91. The zero-order chi connectivity index (χ0) is 14.0. The Kier molecular flexibility index (Phi) is 3.76. The quantitative estimate of drug-likeness (QED) is 0.658. The molecule has 1 aromatic heterocycles. The lowest BCUT2D eigenvalue weighted by molar-refractivity contribution is 0.619. The number of hydrogen-bond donors (Lipinski definition) is 2. The van der Waals surface area contributed by atoms with Crippen LogP contribution in [0.1, 0.15) is 23.7 Å². The largest absolute Gasteiger partial charge is 0.308 e. The average Bonchev–Trinajstić information content (AvgIpc) is 2.42. The zero-order valence-corrected chi connectivity index (χ0v) is 11.3. The van der Waals surface area contributed by atoms with Gasteiger partial charge in [-0.3, -0.25) is 0 Å². The van der Waals surface area contributed by atoms with Gasteiger partial charge in [-0.15, -0.1) is 0 Å². The average molecular weight is 260 g/mol. The first kappa shape index (κ1) is 13.4. The van der Waals surface area contributed by atoms with Gasteiger partial charge < -0.3 is 5.43 Å². The molecule has 19 heavy (non-hydrogen) atoms. The minimum absolute atomic E-state index is 0.262. The van der Waals surface area contributed by atoms with E-state index in [4.69, 9.17) is 5.84 Å². The van der Waals surface area contributed by atoms with Crippen LogP contribution in [0.25, 0.3) is 11.4 Å². The Morgan fingerprint density at radius 3 is 2.58 bits per heavy atom. The van der Waals surface area contributed by atoms with Crippen molar-refractivity contribution in [1.82, 2.24) is 9.97 Å². The third-order valence-corrected chi connectivity index (χ3v) is 3.15. The lowest BCUT2D eigenvalue weighted by Gasteiger charge is -2.11. The minimum atomic E-state index is -0.262. The predicted octanol–water partition coefficient (Wildman–Crippen LogP) is 2.75. The van der Waals surface area contributed by atoms with E-state index >= 15 is 0 Å². The molecule has 0 radical (unpaired) electrons. The van der Waals surface area contributed by atoms with E-state index in [1.54, 1.807) is 13.0 Å². The molecule has 1 aromatic carbocycles. The number of benzene rings is 1. The summed E-state index contributed by atoms with van der Waals surface area (Å²) in [7, 11) is 0. The van der Waals surface area contributed by atoms with Crippen molar-refractivity contribution in [3.8, 4) is 11.4 Å². The van der Waals surface area contributed by atoms with Crippen molar-refractivity contribution in [1.29, 1.82) is 0 Å². The van der Waals surface area contributed by atoms with Crippen LogP contribution in [0.2, 0.25) is 0 Å². The van der Waals surface area contributed by atoms with Crippen LogP contribution in [0.5, 0.6) is 0 Å². The van der Waals surface area contributed by atoms with Crippen LogP contribution in [0.4, 0.5) is 10.2 Å². The summed E-state index contributed by atoms with van der Waals surface area (Å²) in [4.78, 5) is 8.79. The van der Waals surface area contributed by atoms with Crippen molar-refractivity contribution in [2.75, 3.05) is 5.43 Å². The second-order valence-electron chi connectivity index (χ2n) is 4.43. The Hall–Kier alpha value is -2.01. The molecule has 0 aliphatic rings. The summed E-state index contributed by atoms with van der Waals surface area (Å²) >= 11 is 0. The van der Waals surface area contributed by atoms with Crippen LogP contribution >= 0.6 is 0 Å². The molecule has 2 aromatic rings. The van der Waals surface area contributed by atoms with Gasteiger partial charge in [0.05, 0.1) is 0 Å². The van der Waals surface area contributed by atoms with Crippen molar-refractivity contribution >= 4 is 5.82 Å². The number of hydrogen-bond acceptors (Lipinski definition) is 4. The number of anilines is 1. The highest BCUT2D eigenvalue weighted by molar-refractivity contribution is 5.60. The number of aryl methyl sites for hydroxylation is 2. The first-order chi connectivity index (χ1) is 9.06. The molecule has 0 fully saturated rings. The van der Waals surface area contributed by atoms with E-state index in [1.165, 1.54) is 6.07 Å². The number of rotatable bonds is 3. The summed E-state index contributed by atoms with van der Waals surface area (Å²) in [6.45, 7) is 5.64. The highest BCUT2D eigenvalue weighted by atomic mass is 19.1. The van der Waals surface area contributed by atoms with Crippen LogP contribution < -0.4 is 11.3 Å². The standard InChI is InChI=1S/C14H17FN4/c1-4-12-9(3)13(19-16)18-14(17-12)10-6-5-8(2)11(15)7-10/h5-7H,4,16H2,1-3H3,(H,17,18,19). The molecule has 1 heterocycles. The van der Waals surface area contributed by atoms with Gasteiger partial charge >= 0.3 is 0 Å². The van der Waals surface area contributed by atoms with Crippen molar-refractivity contribution in [3.05, 3.63) is 40.8 Å². The third kappa shape index (κ3) is 2.56. The highest BCUT2D eigenvalue weighted by Crippen LogP contribution is 2.23. The van der Waals surface area contributed by atoms with E-state index in [0.29, 0.717) is 22.8 Å². The molecule has 0 spiro atoms. The summed E-state index contributed by atoms with van der Waals surface area (Å²) in [6, 6.07) is 4.97. The van der Waals surface area contributed by atoms with Gasteiger partial charge in [0.15, 0.2) is 5.82 Å². The normalized spacial score (nSPS) is 10.6. The first-order valence-corrected chi connectivity index (χ1v) is 6.17. The number of nitrogens with one attached hydrogen (secondary N) is 1. The Morgan fingerprint density at radius 1 is 1.26 bits per heavy atom.